The van der Waals surface area contributed by atoms with Crippen LogP contribution in [0.4, 0.5) is 0 Å². The van der Waals surface area contributed by atoms with Crippen LogP contribution in [0.5, 0.6) is 0 Å². The number of nitrogens with zero attached hydrogens (tertiary/aromatic N) is 2. The highest BCUT2D eigenvalue weighted by Gasteiger charge is 2.23. The Hall–Kier alpha value is -1.69. The Balaban J connectivity index is 1.41. The average Bonchev–Trinajstić information content (AvgIpc) is 3.08. The van der Waals surface area contributed by atoms with Gasteiger partial charge in [-0.05, 0) is 44.4 Å². The molecule has 0 N–H and O–H groups in total. The molecule has 0 saturated carbocycles. The molecule has 5 heteroatoms. The van der Waals surface area contributed by atoms with Gasteiger partial charge >= 0.3 is 0 Å². The highest BCUT2D eigenvalue weighted by molar-refractivity contribution is 9.11. The Kier molecular flexibility index (Phi) is 4.88. The third-order valence-electron chi connectivity index (χ3n) is 4.72. The van der Waals surface area contributed by atoms with Crippen molar-refractivity contribution in [3.05, 3.63) is 68.8 Å². The summed E-state index contributed by atoms with van der Waals surface area (Å²) >= 11 is 4.94. The maximum Gasteiger partial charge on any atom is 0.264 e. The van der Waals surface area contributed by atoms with Gasteiger partial charge in [-0.3, -0.25) is 9.69 Å². The molecule has 0 atom stereocenters. The summed E-state index contributed by atoms with van der Waals surface area (Å²) in [4.78, 5) is 17.8. The number of carbonyl (C=O) groups excluding carboxylic acids is 1. The molecule has 25 heavy (non-hydrogen) atoms. The Labute approximate surface area is 160 Å². The van der Waals surface area contributed by atoms with Gasteiger partial charge in [-0.25, -0.2) is 0 Å². The highest BCUT2D eigenvalue weighted by Crippen LogP contribution is 2.24. The second-order valence-corrected chi connectivity index (χ2v) is 8.77. The number of amides is 1. The summed E-state index contributed by atoms with van der Waals surface area (Å²) in [5, 5.41) is 2.61. The van der Waals surface area contributed by atoms with Gasteiger partial charge in [0.1, 0.15) is 0 Å². The van der Waals surface area contributed by atoms with Crippen molar-refractivity contribution in [3.63, 3.8) is 0 Å². The standard InChI is InChI=1S/C20H19BrN2OS/c21-19-9-8-18(25-19)20(24)23-12-10-22(11-13-23)14-16-6-3-5-15-4-1-2-7-17(15)16/h1-9H,10-14H2. The minimum absolute atomic E-state index is 0.153. The first-order chi connectivity index (χ1) is 12.2. The first-order valence-electron chi connectivity index (χ1n) is 8.44. The largest absolute Gasteiger partial charge is 0.335 e. The molecule has 1 aromatic heterocycles. The van der Waals surface area contributed by atoms with Crippen LogP contribution in [0, 0.1) is 0 Å². The van der Waals surface area contributed by atoms with Gasteiger partial charge in [-0.1, -0.05) is 42.5 Å². The van der Waals surface area contributed by atoms with Crippen LogP contribution in [-0.4, -0.2) is 41.9 Å². The number of rotatable bonds is 3. The molecule has 1 aliphatic rings. The second kappa shape index (κ2) is 7.28. The smallest absolute Gasteiger partial charge is 0.264 e. The summed E-state index contributed by atoms with van der Waals surface area (Å²) in [6, 6.07) is 18.9. The number of thiophene rings is 1. The third kappa shape index (κ3) is 3.64. The van der Waals surface area contributed by atoms with Gasteiger partial charge in [0.25, 0.3) is 5.91 Å². The van der Waals surface area contributed by atoms with E-state index in [-0.39, 0.29) is 5.91 Å². The van der Waals surface area contributed by atoms with Crippen LogP contribution in [-0.2, 0) is 6.54 Å². The lowest BCUT2D eigenvalue weighted by atomic mass is 10.0. The van der Waals surface area contributed by atoms with Crippen molar-refractivity contribution in [2.75, 3.05) is 26.2 Å². The normalized spacial score (nSPS) is 15.6. The summed E-state index contributed by atoms with van der Waals surface area (Å²) < 4.78 is 1.01. The van der Waals surface area contributed by atoms with Gasteiger partial charge in [0.2, 0.25) is 0 Å². The lowest BCUT2D eigenvalue weighted by Gasteiger charge is -2.34. The van der Waals surface area contributed by atoms with Crippen LogP contribution in [0.25, 0.3) is 10.8 Å². The van der Waals surface area contributed by atoms with Crippen molar-refractivity contribution >= 4 is 43.9 Å². The van der Waals surface area contributed by atoms with E-state index in [0.29, 0.717) is 0 Å². The van der Waals surface area contributed by atoms with Crippen molar-refractivity contribution in [1.29, 1.82) is 0 Å². The lowest BCUT2D eigenvalue weighted by molar-refractivity contribution is 0.0633. The van der Waals surface area contributed by atoms with E-state index in [1.807, 2.05) is 17.0 Å². The number of carbonyl (C=O) groups is 1. The van der Waals surface area contributed by atoms with Crippen molar-refractivity contribution in [2.24, 2.45) is 0 Å². The summed E-state index contributed by atoms with van der Waals surface area (Å²) in [6.07, 6.45) is 0. The molecule has 3 aromatic rings. The van der Waals surface area contributed by atoms with Crippen LogP contribution in [0.15, 0.2) is 58.4 Å². The highest BCUT2D eigenvalue weighted by atomic mass is 79.9. The Morgan fingerprint density at radius 1 is 0.960 bits per heavy atom. The van der Waals surface area contributed by atoms with Gasteiger partial charge in [-0.2, -0.15) is 0 Å². The molecule has 0 aliphatic carbocycles. The van der Waals surface area contributed by atoms with Gasteiger partial charge in [0.15, 0.2) is 0 Å². The number of fused-ring (bicyclic) bond motifs is 1. The molecule has 4 rings (SSSR count). The minimum atomic E-state index is 0.153. The fraction of sp³-hybridized carbons (Fsp3) is 0.250. The summed E-state index contributed by atoms with van der Waals surface area (Å²) in [7, 11) is 0. The monoisotopic (exact) mass is 414 g/mol. The number of hydrogen-bond acceptors (Lipinski definition) is 3. The maximum atomic E-state index is 12.5. The predicted octanol–water partition coefficient (Wildman–Crippen LogP) is 4.62. The van der Waals surface area contributed by atoms with Crippen LogP contribution in [0.1, 0.15) is 15.2 Å². The Bertz CT molecular complexity index is 894. The molecule has 0 radical (unpaired) electrons. The topological polar surface area (TPSA) is 23.6 Å². The summed E-state index contributed by atoms with van der Waals surface area (Å²) in [6.45, 7) is 4.36. The maximum absolute atomic E-state index is 12.5. The fourth-order valence-corrected chi connectivity index (χ4v) is 4.72. The van der Waals surface area contributed by atoms with Gasteiger partial charge in [0.05, 0.1) is 8.66 Å². The zero-order valence-electron chi connectivity index (χ0n) is 13.8. The fourth-order valence-electron chi connectivity index (χ4n) is 3.37. The Morgan fingerprint density at radius 2 is 1.72 bits per heavy atom. The average molecular weight is 415 g/mol. The second-order valence-electron chi connectivity index (χ2n) is 6.31. The zero-order chi connectivity index (χ0) is 17.2. The molecule has 0 bridgehead atoms. The van der Waals surface area contributed by atoms with E-state index in [9.17, 15) is 4.79 Å². The lowest BCUT2D eigenvalue weighted by Crippen LogP contribution is -2.48. The molecule has 2 heterocycles. The zero-order valence-corrected chi connectivity index (χ0v) is 16.2. The van der Waals surface area contributed by atoms with Gasteiger partial charge in [0, 0.05) is 32.7 Å². The molecule has 1 saturated heterocycles. The van der Waals surface area contributed by atoms with Crippen LogP contribution in [0.2, 0.25) is 0 Å². The predicted molar refractivity (Wildman–Crippen MR) is 107 cm³/mol. The number of piperazine rings is 1. The van der Waals surface area contributed by atoms with Gasteiger partial charge in [-0.15, -0.1) is 11.3 Å². The quantitative estimate of drug-likeness (QED) is 0.623. The van der Waals surface area contributed by atoms with Crippen molar-refractivity contribution in [1.82, 2.24) is 9.80 Å². The van der Waals surface area contributed by atoms with E-state index >= 15 is 0 Å². The van der Waals surface area contributed by atoms with Crippen molar-refractivity contribution in [3.8, 4) is 0 Å². The first-order valence-corrected chi connectivity index (χ1v) is 10.1. The minimum Gasteiger partial charge on any atom is -0.335 e. The van der Waals surface area contributed by atoms with E-state index in [1.165, 1.54) is 27.7 Å². The van der Waals surface area contributed by atoms with E-state index < -0.39 is 0 Å². The molecule has 2 aromatic carbocycles. The van der Waals surface area contributed by atoms with Crippen LogP contribution in [0.3, 0.4) is 0 Å². The van der Waals surface area contributed by atoms with E-state index in [0.717, 1.165) is 41.4 Å². The van der Waals surface area contributed by atoms with Crippen molar-refractivity contribution < 1.29 is 4.79 Å². The SMILES string of the molecule is O=C(c1ccc(Br)s1)N1CCN(Cc2cccc3ccccc23)CC1. The summed E-state index contributed by atoms with van der Waals surface area (Å²) in [5.74, 6) is 0.153. The van der Waals surface area contributed by atoms with E-state index in [1.54, 1.807) is 0 Å². The molecule has 3 nitrogen and oxygen atoms in total. The Morgan fingerprint density at radius 3 is 2.48 bits per heavy atom. The number of hydrogen-bond donors (Lipinski definition) is 0. The number of benzene rings is 2. The molecule has 0 spiro atoms. The molecule has 1 amide bonds. The summed E-state index contributed by atoms with van der Waals surface area (Å²) in [5.41, 5.74) is 1.36. The molecular formula is C20H19BrN2OS. The van der Waals surface area contributed by atoms with E-state index in [4.69, 9.17) is 0 Å². The van der Waals surface area contributed by atoms with E-state index in [2.05, 4.69) is 63.3 Å². The van der Waals surface area contributed by atoms with Crippen LogP contribution < -0.4 is 0 Å². The molecule has 128 valence electrons. The molecular weight excluding hydrogens is 396 g/mol. The third-order valence-corrected chi connectivity index (χ3v) is 6.33. The van der Waals surface area contributed by atoms with Gasteiger partial charge < -0.3 is 4.90 Å². The van der Waals surface area contributed by atoms with Crippen molar-refractivity contribution in [2.45, 2.75) is 6.54 Å². The molecule has 1 aliphatic heterocycles. The number of halogens is 1. The first kappa shape index (κ1) is 16.8. The molecule has 1 fully saturated rings. The molecule has 0 unspecified atom stereocenters. The van der Waals surface area contributed by atoms with Crippen LogP contribution >= 0.6 is 27.3 Å².